The molecule has 0 aliphatic heterocycles. The van der Waals surface area contributed by atoms with Crippen LogP contribution in [-0.4, -0.2) is 5.24 Å². The SMILES string of the molecule is O=C(Cl)c1ccc(-c2cccc(Cl)c2Cl)o1. The van der Waals surface area contributed by atoms with Gasteiger partial charge in [0.15, 0.2) is 5.76 Å². The average molecular weight is 276 g/mol. The van der Waals surface area contributed by atoms with Crippen LogP contribution >= 0.6 is 34.8 Å². The van der Waals surface area contributed by atoms with Gasteiger partial charge in [-0.15, -0.1) is 0 Å². The van der Waals surface area contributed by atoms with E-state index >= 15 is 0 Å². The lowest BCUT2D eigenvalue weighted by atomic mass is 10.2. The summed E-state index contributed by atoms with van der Waals surface area (Å²) in [6.45, 7) is 0. The van der Waals surface area contributed by atoms with Gasteiger partial charge in [0.1, 0.15) is 5.76 Å². The number of halogens is 3. The third-order valence-corrected chi connectivity index (χ3v) is 3.02. The molecule has 82 valence electrons. The number of hydrogen-bond donors (Lipinski definition) is 0. The molecule has 0 fully saturated rings. The molecule has 0 N–H and O–H groups in total. The number of benzene rings is 1. The molecule has 2 nitrogen and oxygen atoms in total. The van der Waals surface area contributed by atoms with Gasteiger partial charge < -0.3 is 4.42 Å². The molecule has 0 radical (unpaired) electrons. The Labute approximate surface area is 107 Å². The van der Waals surface area contributed by atoms with Crippen molar-refractivity contribution >= 4 is 40.0 Å². The summed E-state index contributed by atoms with van der Waals surface area (Å²) in [5, 5.41) is 0.158. The van der Waals surface area contributed by atoms with Crippen molar-refractivity contribution < 1.29 is 9.21 Å². The van der Waals surface area contributed by atoms with Crippen molar-refractivity contribution in [2.45, 2.75) is 0 Å². The van der Waals surface area contributed by atoms with E-state index < -0.39 is 5.24 Å². The fourth-order valence-electron chi connectivity index (χ4n) is 1.28. The van der Waals surface area contributed by atoms with Crippen LogP contribution < -0.4 is 0 Å². The fourth-order valence-corrected chi connectivity index (χ4v) is 1.78. The Morgan fingerprint density at radius 1 is 1.12 bits per heavy atom. The minimum absolute atomic E-state index is 0.0766. The standard InChI is InChI=1S/C11H5Cl3O2/c12-7-3-1-2-6(10(7)13)8-4-5-9(16-8)11(14)15/h1-5H. The molecule has 2 rings (SSSR count). The number of carbonyl (C=O) groups excluding carboxylic acids is 1. The van der Waals surface area contributed by atoms with E-state index in [-0.39, 0.29) is 5.76 Å². The predicted octanol–water partition coefficient (Wildman–Crippen LogP) is 4.63. The summed E-state index contributed by atoms with van der Waals surface area (Å²) in [6.07, 6.45) is 0. The van der Waals surface area contributed by atoms with Gasteiger partial charge in [-0.05, 0) is 35.9 Å². The number of hydrogen-bond acceptors (Lipinski definition) is 2. The molecule has 0 aliphatic rings. The van der Waals surface area contributed by atoms with Crippen molar-refractivity contribution in [3.05, 3.63) is 46.1 Å². The highest BCUT2D eigenvalue weighted by Crippen LogP contribution is 2.34. The lowest BCUT2D eigenvalue weighted by Gasteiger charge is -2.01. The van der Waals surface area contributed by atoms with Crippen molar-refractivity contribution in [2.24, 2.45) is 0 Å². The minimum atomic E-state index is -0.649. The van der Waals surface area contributed by atoms with Gasteiger partial charge in [-0.25, -0.2) is 0 Å². The highest BCUT2D eigenvalue weighted by atomic mass is 35.5. The van der Waals surface area contributed by atoms with Gasteiger partial charge in [-0.2, -0.15) is 0 Å². The zero-order valence-electron chi connectivity index (χ0n) is 7.84. The van der Waals surface area contributed by atoms with Gasteiger partial charge in [-0.1, -0.05) is 29.3 Å². The molecule has 16 heavy (non-hydrogen) atoms. The monoisotopic (exact) mass is 274 g/mol. The third kappa shape index (κ3) is 2.09. The molecular weight excluding hydrogens is 270 g/mol. The lowest BCUT2D eigenvalue weighted by molar-refractivity contribution is 0.105. The van der Waals surface area contributed by atoms with E-state index in [9.17, 15) is 4.79 Å². The lowest BCUT2D eigenvalue weighted by Crippen LogP contribution is -1.82. The first-order chi connectivity index (χ1) is 7.59. The molecule has 1 aromatic heterocycles. The van der Waals surface area contributed by atoms with E-state index in [2.05, 4.69) is 0 Å². The van der Waals surface area contributed by atoms with Crippen LogP contribution in [0.25, 0.3) is 11.3 Å². The second kappa shape index (κ2) is 4.50. The van der Waals surface area contributed by atoms with Crippen LogP contribution in [0.4, 0.5) is 0 Å². The van der Waals surface area contributed by atoms with Crippen molar-refractivity contribution in [3.8, 4) is 11.3 Å². The molecule has 0 saturated heterocycles. The maximum absolute atomic E-state index is 10.9. The fraction of sp³-hybridized carbons (Fsp3) is 0. The van der Waals surface area contributed by atoms with Crippen molar-refractivity contribution in [1.82, 2.24) is 0 Å². The normalized spacial score (nSPS) is 10.4. The van der Waals surface area contributed by atoms with Crippen LogP contribution in [0.15, 0.2) is 34.7 Å². The molecule has 0 spiro atoms. The van der Waals surface area contributed by atoms with E-state index in [0.717, 1.165) is 0 Å². The number of rotatable bonds is 2. The van der Waals surface area contributed by atoms with Gasteiger partial charge in [0.05, 0.1) is 10.0 Å². The van der Waals surface area contributed by atoms with E-state index in [0.29, 0.717) is 21.4 Å². The zero-order valence-corrected chi connectivity index (χ0v) is 10.1. The summed E-state index contributed by atoms with van der Waals surface area (Å²) in [7, 11) is 0. The van der Waals surface area contributed by atoms with Crippen molar-refractivity contribution in [3.63, 3.8) is 0 Å². The summed E-state index contributed by atoms with van der Waals surface area (Å²) >= 11 is 17.2. The molecule has 0 unspecified atom stereocenters. The van der Waals surface area contributed by atoms with Gasteiger partial charge in [0, 0.05) is 5.56 Å². The first-order valence-electron chi connectivity index (χ1n) is 4.33. The van der Waals surface area contributed by atoms with Crippen LogP contribution in [-0.2, 0) is 0 Å². The zero-order chi connectivity index (χ0) is 11.7. The van der Waals surface area contributed by atoms with Gasteiger partial charge >= 0.3 is 0 Å². The van der Waals surface area contributed by atoms with Gasteiger partial charge in [0.25, 0.3) is 5.24 Å². The molecule has 0 saturated carbocycles. The first kappa shape index (κ1) is 11.5. The Hall–Kier alpha value is -0.960. The molecule has 2 aromatic rings. The molecular formula is C11H5Cl3O2. The molecule has 0 amide bonds. The van der Waals surface area contributed by atoms with Gasteiger partial charge in [0.2, 0.25) is 0 Å². The molecule has 0 atom stereocenters. The Balaban J connectivity index is 2.50. The minimum Gasteiger partial charge on any atom is -0.452 e. The molecule has 0 bridgehead atoms. The van der Waals surface area contributed by atoms with E-state index in [4.69, 9.17) is 39.2 Å². The van der Waals surface area contributed by atoms with Crippen LogP contribution in [0.3, 0.4) is 0 Å². The van der Waals surface area contributed by atoms with E-state index in [1.165, 1.54) is 6.07 Å². The largest absolute Gasteiger partial charge is 0.452 e. The average Bonchev–Trinajstić information content (AvgIpc) is 2.71. The Morgan fingerprint density at radius 2 is 1.88 bits per heavy atom. The summed E-state index contributed by atoms with van der Waals surface area (Å²) < 4.78 is 5.24. The summed E-state index contributed by atoms with van der Waals surface area (Å²) in [5.41, 5.74) is 0.623. The topological polar surface area (TPSA) is 30.2 Å². The maximum atomic E-state index is 10.9. The Bertz CT molecular complexity index is 546. The predicted molar refractivity (Wildman–Crippen MR) is 64.3 cm³/mol. The maximum Gasteiger partial charge on any atom is 0.287 e. The van der Waals surface area contributed by atoms with Crippen LogP contribution in [0.1, 0.15) is 10.6 Å². The Kier molecular flexibility index (Phi) is 3.24. The number of furan rings is 1. The van der Waals surface area contributed by atoms with E-state index in [1.807, 2.05) is 0 Å². The van der Waals surface area contributed by atoms with E-state index in [1.54, 1.807) is 24.3 Å². The van der Waals surface area contributed by atoms with Crippen LogP contribution in [0.2, 0.25) is 10.0 Å². The highest BCUT2D eigenvalue weighted by Gasteiger charge is 2.13. The third-order valence-electron chi connectivity index (χ3n) is 2.02. The second-order valence-corrected chi connectivity index (χ2v) is 4.17. The summed E-state index contributed by atoms with van der Waals surface area (Å²) in [4.78, 5) is 10.9. The molecule has 0 aliphatic carbocycles. The van der Waals surface area contributed by atoms with Crippen LogP contribution in [0, 0.1) is 0 Å². The second-order valence-electron chi connectivity index (χ2n) is 3.04. The van der Waals surface area contributed by atoms with Crippen LogP contribution in [0.5, 0.6) is 0 Å². The smallest absolute Gasteiger partial charge is 0.287 e. The Morgan fingerprint density at radius 3 is 2.50 bits per heavy atom. The first-order valence-corrected chi connectivity index (χ1v) is 5.47. The van der Waals surface area contributed by atoms with Crippen molar-refractivity contribution in [1.29, 1.82) is 0 Å². The quantitative estimate of drug-likeness (QED) is 0.748. The molecule has 1 aromatic carbocycles. The summed E-state index contributed by atoms with van der Waals surface area (Å²) in [5.74, 6) is 0.532. The number of carbonyl (C=O) groups is 1. The van der Waals surface area contributed by atoms with Crippen molar-refractivity contribution in [2.75, 3.05) is 0 Å². The van der Waals surface area contributed by atoms with Gasteiger partial charge in [-0.3, -0.25) is 4.79 Å². The highest BCUT2D eigenvalue weighted by molar-refractivity contribution is 6.67. The summed E-state index contributed by atoms with van der Waals surface area (Å²) in [6, 6.07) is 8.27. The molecule has 5 heteroatoms. The molecule has 1 heterocycles.